The molecular formula is C39H23N3OS. The van der Waals surface area contributed by atoms with Gasteiger partial charge in [0.25, 0.3) is 0 Å². The normalized spacial score (nSPS) is 11.6. The fourth-order valence-corrected chi connectivity index (χ4v) is 7.28. The highest BCUT2D eigenvalue weighted by Gasteiger charge is 2.18. The molecule has 9 rings (SSSR count). The molecule has 0 saturated carbocycles. The molecule has 0 amide bonds. The molecule has 4 nitrogen and oxygen atoms in total. The van der Waals surface area contributed by atoms with Crippen LogP contribution < -0.4 is 0 Å². The van der Waals surface area contributed by atoms with Crippen molar-refractivity contribution in [2.24, 2.45) is 0 Å². The van der Waals surface area contributed by atoms with Gasteiger partial charge in [-0.2, -0.15) is 0 Å². The van der Waals surface area contributed by atoms with Gasteiger partial charge in [0.1, 0.15) is 11.2 Å². The molecule has 0 aliphatic carbocycles. The summed E-state index contributed by atoms with van der Waals surface area (Å²) in [6, 6.07) is 47.9. The Balaban J connectivity index is 1.22. The van der Waals surface area contributed by atoms with Crippen molar-refractivity contribution in [2.75, 3.05) is 0 Å². The summed E-state index contributed by atoms with van der Waals surface area (Å²) in [6.45, 7) is 0. The Morgan fingerprint density at radius 3 is 1.75 bits per heavy atom. The van der Waals surface area contributed by atoms with E-state index in [1.54, 1.807) is 0 Å². The summed E-state index contributed by atoms with van der Waals surface area (Å²) in [7, 11) is 0. The number of aromatic nitrogens is 3. The lowest BCUT2D eigenvalue weighted by atomic mass is 10.00. The molecule has 0 fully saturated rings. The fraction of sp³-hybridized carbons (Fsp3) is 0. The van der Waals surface area contributed by atoms with Crippen LogP contribution >= 0.6 is 11.3 Å². The van der Waals surface area contributed by atoms with Gasteiger partial charge in [-0.3, -0.25) is 0 Å². The first kappa shape index (κ1) is 24.9. The van der Waals surface area contributed by atoms with Crippen LogP contribution in [0.25, 0.3) is 87.4 Å². The standard InChI is InChI=1S/C39H23N3OS/c1-3-11-24(12-4-1)37-40-38(25-13-5-2-6-14-25)42-39(41-37)26-21-22-27-29-16-9-17-30(35(29)43-33(27)23-26)32-19-10-18-31-28-15-7-8-20-34(28)44-36(31)32/h1-23H. The van der Waals surface area contributed by atoms with Crippen molar-refractivity contribution < 1.29 is 4.42 Å². The van der Waals surface area contributed by atoms with E-state index in [-0.39, 0.29) is 0 Å². The first-order valence-electron chi connectivity index (χ1n) is 14.5. The number of rotatable bonds is 4. The van der Waals surface area contributed by atoms with Crippen molar-refractivity contribution in [2.45, 2.75) is 0 Å². The van der Waals surface area contributed by atoms with E-state index < -0.39 is 0 Å². The molecule has 5 heteroatoms. The molecule has 0 saturated heterocycles. The number of fused-ring (bicyclic) bond motifs is 6. The Bertz CT molecular complexity index is 2440. The fourth-order valence-electron chi connectivity index (χ4n) is 6.05. The number of hydrogen-bond acceptors (Lipinski definition) is 5. The largest absolute Gasteiger partial charge is 0.455 e. The minimum absolute atomic E-state index is 0.607. The summed E-state index contributed by atoms with van der Waals surface area (Å²) in [5, 5.41) is 4.72. The molecule has 0 atom stereocenters. The van der Waals surface area contributed by atoms with Gasteiger partial charge in [-0.1, -0.05) is 121 Å². The Labute approximate surface area is 256 Å². The van der Waals surface area contributed by atoms with Crippen molar-refractivity contribution in [3.63, 3.8) is 0 Å². The number of nitrogens with zero attached hydrogens (tertiary/aromatic N) is 3. The van der Waals surface area contributed by atoms with E-state index in [1.807, 2.05) is 72.0 Å². The second-order valence-electron chi connectivity index (χ2n) is 10.8. The van der Waals surface area contributed by atoms with Gasteiger partial charge in [0.05, 0.1) is 0 Å². The lowest BCUT2D eigenvalue weighted by molar-refractivity contribution is 0.670. The van der Waals surface area contributed by atoms with Crippen LogP contribution in [-0.4, -0.2) is 15.0 Å². The smallest absolute Gasteiger partial charge is 0.164 e. The topological polar surface area (TPSA) is 51.8 Å². The summed E-state index contributed by atoms with van der Waals surface area (Å²) in [4.78, 5) is 14.7. The summed E-state index contributed by atoms with van der Waals surface area (Å²) in [5.74, 6) is 1.88. The first-order chi connectivity index (χ1) is 21.8. The van der Waals surface area contributed by atoms with Crippen LogP contribution in [0.5, 0.6) is 0 Å². The minimum Gasteiger partial charge on any atom is -0.455 e. The lowest BCUT2D eigenvalue weighted by Crippen LogP contribution is -2.00. The summed E-state index contributed by atoms with van der Waals surface area (Å²) in [6.07, 6.45) is 0. The Morgan fingerprint density at radius 1 is 0.432 bits per heavy atom. The van der Waals surface area contributed by atoms with Gasteiger partial charge >= 0.3 is 0 Å². The lowest BCUT2D eigenvalue weighted by Gasteiger charge is -2.08. The molecule has 3 aromatic heterocycles. The van der Waals surface area contributed by atoms with E-state index in [0.717, 1.165) is 44.2 Å². The summed E-state index contributed by atoms with van der Waals surface area (Å²) < 4.78 is 9.25. The van der Waals surface area contributed by atoms with E-state index in [9.17, 15) is 0 Å². The number of furan rings is 1. The number of para-hydroxylation sites is 1. The molecule has 0 aliphatic rings. The molecule has 9 aromatic rings. The van der Waals surface area contributed by atoms with E-state index in [0.29, 0.717) is 17.5 Å². The molecule has 0 bridgehead atoms. The molecule has 0 unspecified atom stereocenters. The van der Waals surface area contributed by atoms with Crippen LogP contribution in [0.3, 0.4) is 0 Å². The third-order valence-electron chi connectivity index (χ3n) is 8.15. The average Bonchev–Trinajstić information content (AvgIpc) is 3.67. The maximum Gasteiger partial charge on any atom is 0.164 e. The molecule has 0 spiro atoms. The SMILES string of the molecule is c1ccc(-c2nc(-c3ccccc3)nc(-c3ccc4c(c3)oc3c(-c5cccc6c5sc5ccccc56)cccc34)n2)cc1. The van der Waals surface area contributed by atoms with Gasteiger partial charge in [0, 0.05) is 58.8 Å². The maximum atomic E-state index is 6.69. The molecule has 0 aliphatic heterocycles. The van der Waals surface area contributed by atoms with Crippen molar-refractivity contribution in [1.82, 2.24) is 15.0 Å². The van der Waals surface area contributed by atoms with E-state index in [2.05, 4.69) is 78.9 Å². The third kappa shape index (κ3) is 4.02. The molecule has 3 heterocycles. The van der Waals surface area contributed by atoms with Crippen molar-refractivity contribution in [3.8, 4) is 45.3 Å². The van der Waals surface area contributed by atoms with E-state index in [1.165, 1.54) is 25.7 Å². The van der Waals surface area contributed by atoms with E-state index >= 15 is 0 Å². The van der Waals surface area contributed by atoms with Crippen LogP contribution in [0.15, 0.2) is 144 Å². The number of benzene rings is 6. The summed E-state index contributed by atoms with van der Waals surface area (Å²) in [5.41, 5.74) is 6.73. The number of hydrogen-bond donors (Lipinski definition) is 0. The molecule has 0 radical (unpaired) electrons. The third-order valence-corrected chi connectivity index (χ3v) is 9.37. The predicted octanol–water partition coefficient (Wildman–Crippen LogP) is 10.8. The van der Waals surface area contributed by atoms with Gasteiger partial charge in [0.15, 0.2) is 17.5 Å². The van der Waals surface area contributed by atoms with Gasteiger partial charge in [-0.05, 0) is 18.2 Å². The highest BCUT2D eigenvalue weighted by atomic mass is 32.1. The van der Waals surface area contributed by atoms with Gasteiger partial charge in [-0.25, -0.2) is 15.0 Å². The van der Waals surface area contributed by atoms with Gasteiger partial charge in [0.2, 0.25) is 0 Å². The second-order valence-corrected chi connectivity index (χ2v) is 11.9. The zero-order valence-electron chi connectivity index (χ0n) is 23.4. The molecule has 206 valence electrons. The first-order valence-corrected chi connectivity index (χ1v) is 15.3. The Morgan fingerprint density at radius 2 is 1.02 bits per heavy atom. The summed E-state index contributed by atoms with van der Waals surface area (Å²) >= 11 is 1.83. The average molecular weight is 582 g/mol. The minimum atomic E-state index is 0.607. The van der Waals surface area contributed by atoms with Crippen molar-refractivity contribution in [1.29, 1.82) is 0 Å². The second kappa shape index (κ2) is 9.97. The molecule has 0 N–H and O–H groups in total. The quantitative estimate of drug-likeness (QED) is 0.207. The van der Waals surface area contributed by atoms with E-state index in [4.69, 9.17) is 19.4 Å². The van der Waals surface area contributed by atoms with Crippen LogP contribution in [0, 0.1) is 0 Å². The Hall–Kier alpha value is -5.65. The number of thiophene rings is 1. The van der Waals surface area contributed by atoms with Gasteiger partial charge in [-0.15, -0.1) is 11.3 Å². The van der Waals surface area contributed by atoms with Crippen molar-refractivity contribution in [3.05, 3.63) is 140 Å². The molecular weight excluding hydrogens is 559 g/mol. The monoisotopic (exact) mass is 581 g/mol. The zero-order chi connectivity index (χ0) is 29.0. The van der Waals surface area contributed by atoms with Gasteiger partial charge < -0.3 is 4.42 Å². The zero-order valence-corrected chi connectivity index (χ0v) is 24.3. The maximum absolute atomic E-state index is 6.69. The highest BCUT2D eigenvalue weighted by Crippen LogP contribution is 2.43. The Kier molecular flexibility index (Phi) is 5.64. The molecule has 44 heavy (non-hydrogen) atoms. The van der Waals surface area contributed by atoms with Crippen molar-refractivity contribution >= 4 is 53.4 Å². The predicted molar refractivity (Wildman–Crippen MR) is 182 cm³/mol. The van der Waals surface area contributed by atoms with Crippen LogP contribution in [0.4, 0.5) is 0 Å². The highest BCUT2D eigenvalue weighted by molar-refractivity contribution is 7.26. The van der Waals surface area contributed by atoms with Crippen LogP contribution in [0.1, 0.15) is 0 Å². The van der Waals surface area contributed by atoms with Crippen LogP contribution in [0.2, 0.25) is 0 Å². The molecule has 6 aromatic carbocycles. The van der Waals surface area contributed by atoms with Crippen LogP contribution in [-0.2, 0) is 0 Å².